The van der Waals surface area contributed by atoms with Crippen LogP contribution in [0.25, 0.3) is 0 Å². The van der Waals surface area contributed by atoms with E-state index in [-0.39, 0.29) is 6.61 Å². The van der Waals surface area contributed by atoms with Crippen LogP contribution in [0.3, 0.4) is 0 Å². The minimum Gasteiger partial charge on any atom is -0.396 e. The van der Waals surface area contributed by atoms with E-state index >= 15 is 0 Å². The zero-order chi connectivity index (χ0) is 6.69. The summed E-state index contributed by atoms with van der Waals surface area (Å²) in [6.07, 6.45) is 2.64. The lowest BCUT2D eigenvalue weighted by Crippen LogP contribution is -2.25. The molecule has 1 aliphatic heterocycles. The number of aliphatic hydroxyl groups is 1. The van der Waals surface area contributed by atoms with E-state index in [4.69, 9.17) is 9.84 Å². The Bertz CT molecular complexity index is 75.0. The Balaban J connectivity index is 2.18. The Kier molecular flexibility index (Phi) is 2.49. The Morgan fingerprint density at radius 3 is 2.78 bits per heavy atom. The first-order chi connectivity index (χ1) is 4.33. The maximum absolute atomic E-state index is 8.70. The molecule has 2 heteroatoms. The van der Waals surface area contributed by atoms with Crippen molar-refractivity contribution >= 4 is 0 Å². The van der Waals surface area contributed by atoms with Gasteiger partial charge in [0.1, 0.15) is 0 Å². The van der Waals surface area contributed by atoms with Crippen LogP contribution in [-0.4, -0.2) is 24.4 Å². The second-order valence-corrected chi connectivity index (χ2v) is 2.77. The maximum Gasteiger partial charge on any atom is 0.0547 e. The summed E-state index contributed by atoms with van der Waals surface area (Å²) in [6, 6.07) is 0. The van der Waals surface area contributed by atoms with E-state index in [0.29, 0.717) is 12.0 Å². The molecule has 1 fully saturated rings. The molecule has 0 amide bonds. The van der Waals surface area contributed by atoms with Gasteiger partial charge >= 0.3 is 0 Å². The molecule has 0 radical (unpaired) electrons. The number of hydrogen-bond donors (Lipinski definition) is 1. The lowest BCUT2D eigenvalue weighted by Gasteiger charge is -2.24. The molecule has 1 saturated heterocycles. The van der Waals surface area contributed by atoms with Crippen molar-refractivity contribution < 1.29 is 9.84 Å². The average Bonchev–Trinajstić information content (AvgIpc) is 1.90. The first kappa shape index (κ1) is 7.03. The largest absolute Gasteiger partial charge is 0.396 e. The number of aliphatic hydroxyl groups excluding tert-OH is 1. The minimum atomic E-state index is 0.284. The van der Waals surface area contributed by atoms with Gasteiger partial charge in [-0.15, -0.1) is 0 Å². The Labute approximate surface area is 55.8 Å². The molecule has 0 bridgehead atoms. The van der Waals surface area contributed by atoms with E-state index in [1.807, 2.05) is 0 Å². The molecule has 0 aromatic rings. The molecule has 1 aliphatic rings. The molecule has 54 valence electrons. The molecule has 1 N–H and O–H groups in total. The van der Waals surface area contributed by atoms with Crippen molar-refractivity contribution in [3.8, 4) is 0 Å². The zero-order valence-electron chi connectivity index (χ0n) is 5.84. The fraction of sp³-hybridized carbons (Fsp3) is 1.00. The van der Waals surface area contributed by atoms with Gasteiger partial charge in [0.2, 0.25) is 0 Å². The highest BCUT2D eigenvalue weighted by Crippen LogP contribution is 2.17. The van der Waals surface area contributed by atoms with Gasteiger partial charge in [0.25, 0.3) is 0 Å². The van der Waals surface area contributed by atoms with Crippen molar-refractivity contribution in [1.29, 1.82) is 0 Å². The second kappa shape index (κ2) is 3.18. The monoisotopic (exact) mass is 130 g/mol. The van der Waals surface area contributed by atoms with Gasteiger partial charge in [0.15, 0.2) is 0 Å². The lowest BCUT2D eigenvalue weighted by molar-refractivity contribution is -0.0202. The highest BCUT2D eigenvalue weighted by molar-refractivity contribution is 4.65. The van der Waals surface area contributed by atoms with Crippen LogP contribution in [-0.2, 0) is 4.74 Å². The van der Waals surface area contributed by atoms with Gasteiger partial charge in [0.05, 0.1) is 12.7 Å². The average molecular weight is 130 g/mol. The van der Waals surface area contributed by atoms with Crippen LogP contribution in [0, 0.1) is 5.92 Å². The molecule has 1 rings (SSSR count). The second-order valence-electron chi connectivity index (χ2n) is 2.77. The van der Waals surface area contributed by atoms with Crippen molar-refractivity contribution in [1.82, 2.24) is 0 Å². The summed E-state index contributed by atoms with van der Waals surface area (Å²) in [5, 5.41) is 8.70. The summed E-state index contributed by atoms with van der Waals surface area (Å²) in [7, 11) is 0. The van der Waals surface area contributed by atoms with Gasteiger partial charge in [-0.05, 0) is 19.8 Å². The van der Waals surface area contributed by atoms with E-state index < -0.39 is 0 Å². The summed E-state index contributed by atoms with van der Waals surface area (Å²) in [6.45, 7) is 3.11. The summed E-state index contributed by atoms with van der Waals surface area (Å²) in [5.41, 5.74) is 0. The molecule has 0 spiro atoms. The van der Waals surface area contributed by atoms with Crippen molar-refractivity contribution in [2.75, 3.05) is 13.2 Å². The molecule has 0 saturated carbocycles. The summed E-state index contributed by atoms with van der Waals surface area (Å²) >= 11 is 0. The molecular formula is C7H14O2. The van der Waals surface area contributed by atoms with Gasteiger partial charge in [0, 0.05) is 12.5 Å². The van der Waals surface area contributed by atoms with E-state index in [1.165, 1.54) is 0 Å². The zero-order valence-corrected chi connectivity index (χ0v) is 5.84. The third-order valence-corrected chi connectivity index (χ3v) is 1.86. The topological polar surface area (TPSA) is 29.5 Å². The Hall–Kier alpha value is -0.0800. The molecule has 9 heavy (non-hydrogen) atoms. The summed E-state index contributed by atoms with van der Waals surface area (Å²) < 4.78 is 5.32. The van der Waals surface area contributed by atoms with Crippen molar-refractivity contribution in [2.24, 2.45) is 5.92 Å². The summed E-state index contributed by atoms with van der Waals surface area (Å²) in [5.74, 6) is 0.404. The van der Waals surface area contributed by atoms with E-state index in [1.54, 1.807) is 0 Å². The van der Waals surface area contributed by atoms with Crippen LogP contribution in [0.4, 0.5) is 0 Å². The van der Waals surface area contributed by atoms with Crippen LogP contribution < -0.4 is 0 Å². The first-order valence-corrected chi connectivity index (χ1v) is 3.55. The van der Waals surface area contributed by atoms with E-state index in [9.17, 15) is 0 Å². The molecule has 0 aromatic heterocycles. The normalized spacial score (nSPS) is 36.7. The number of rotatable bonds is 1. The standard InChI is InChI=1S/C7H14O2/c1-6-2-3-7(4-8)5-9-6/h6-8H,2-5H2,1H3. The highest BCUT2D eigenvalue weighted by Gasteiger charge is 2.16. The van der Waals surface area contributed by atoms with Crippen LogP contribution in [0.5, 0.6) is 0 Å². The van der Waals surface area contributed by atoms with Gasteiger partial charge in [-0.2, -0.15) is 0 Å². The number of hydrogen-bond acceptors (Lipinski definition) is 2. The quantitative estimate of drug-likeness (QED) is 0.568. The van der Waals surface area contributed by atoms with Crippen LogP contribution in [0.1, 0.15) is 19.8 Å². The van der Waals surface area contributed by atoms with Crippen LogP contribution in [0.2, 0.25) is 0 Å². The van der Waals surface area contributed by atoms with Crippen molar-refractivity contribution in [3.05, 3.63) is 0 Å². The maximum atomic E-state index is 8.70. The lowest BCUT2D eigenvalue weighted by atomic mass is 10.0. The van der Waals surface area contributed by atoms with Crippen LogP contribution in [0.15, 0.2) is 0 Å². The Morgan fingerprint density at radius 2 is 2.33 bits per heavy atom. The van der Waals surface area contributed by atoms with Gasteiger partial charge in [-0.25, -0.2) is 0 Å². The predicted molar refractivity (Wildman–Crippen MR) is 35.2 cm³/mol. The number of ether oxygens (including phenoxy) is 1. The van der Waals surface area contributed by atoms with Gasteiger partial charge in [-0.1, -0.05) is 0 Å². The van der Waals surface area contributed by atoms with Crippen LogP contribution >= 0.6 is 0 Å². The smallest absolute Gasteiger partial charge is 0.0547 e. The third-order valence-electron chi connectivity index (χ3n) is 1.86. The van der Waals surface area contributed by atoms with Crippen molar-refractivity contribution in [3.63, 3.8) is 0 Å². The van der Waals surface area contributed by atoms with Gasteiger partial charge in [-0.3, -0.25) is 0 Å². The molecule has 0 aliphatic carbocycles. The van der Waals surface area contributed by atoms with E-state index in [2.05, 4.69) is 6.92 Å². The predicted octanol–water partition coefficient (Wildman–Crippen LogP) is 0.794. The fourth-order valence-corrected chi connectivity index (χ4v) is 1.08. The minimum absolute atomic E-state index is 0.284. The Morgan fingerprint density at radius 1 is 1.56 bits per heavy atom. The fourth-order valence-electron chi connectivity index (χ4n) is 1.08. The molecule has 2 nitrogen and oxygen atoms in total. The van der Waals surface area contributed by atoms with E-state index in [0.717, 1.165) is 19.4 Å². The van der Waals surface area contributed by atoms with Crippen molar-refractivity contribution in [2.45, 2.75) is 25.9 Å². The molecule has 2 atom stereocenters. The highest BCUT2D eigenvalue weighted by atomic mass is 16.5. The first-order valence-electron chi connectivity index (χ1n) is 3.55. The van der Waals surface area contributed by atoms with Gasteiger partial charge < -0.3 is 9.84 Å². The molecule has 2 unspecified atom stereocenters. The molecular weight excluding hydrogens is 116 g/mol. The SMILES string of the molecule is CC1CCC(CO)CO1. The molecule has 0 aromatic carbocycles. The molecule has 1 heterocycles. The summed E-state index contributed by atoms with van der Waals surface area (Å²) in [4.78, 5) is 0. The third kappa shape index (κ3) is 1.95.